The van der Waals surface area contributed by atoms with Crippen LogP contribution in [0, 0.1) is 13.8 Å². The molecule has 0 bridgehead atoms. The topological polar surface area (TPSA) is 21.7 Å². The molecule has 0 aliphatic carbocycles. The SMILES string of the molecule is CCC(=C(c1ccc(C)cc1)c1ccc(OCCN(C)C)cc1)c1ccccc1.CCCCOc1ccc(C(=C(CC)c2ccccc2)c2ccc(C)cc2)cc1. The smallest absolute Gasteiger partial charge is 0.119 e. The molecule has 6 rings (SSSR count). The quantitative estimate of drug-likeness (QED) is 0.0725. The van der Waals surface area contributed by atoms with Crippen molar-refractivity contribution in [3.8, 4) is 11.5 Å². The van der Waals surface area contributed by atoms with Gasteiger partial charge in [0.05, 0.1) is 6.61 Å². The molecule has 294 valence electrons. The van der Waals surface area contributed by atoms with Crippen LogP contribution in [0.2, 0.25) is 0 Å². The van der Waals surface area contributed by atoms with Crippen LogP contribution in [-0.4, -0.2) is 38.8 Å². The molecule has 6 aromatic carbocycles. The van der Waals surface area contributed by atoms with Crippen molar-refractivity contribution in [2.24, 2.45) is 0 Å². The molecule has 3 heteroatoms. The van der Waals surface area contributed by atoms with Gasteiger partial charge >= 0.3 is 0 Å². The number of unbranched alkanes of at least 4 members (excludes halogenated alkanes) is 1. The first-order valence-corrected chi connectivity index (χ1v) is 20.6. The van der Waals surface area contributed by atoms with Crippen molar-refractivity contribution < 1.29 is 9.47 Å². The van der Waals surface area contributed by atoms with E-state index in [-0.39, 0.29) is 0 Å². The molecular weight excluding hydrogens is 695 g/mol. The third-order valence-corrected chi connectivity index (χ3v) is 10.1. The summed E-state index contributed by atoms with van der Waals surface area (Å²) in [5.74, 6) is 1.86. The first kappa shape index (κ1) is 42.5. The van der Waals surface area contributed by atoms with Crippen LogP contribution in [0.15, 0.2) is 158 Å². The van der Waals surface area contributed by atoms with E-state index in [4.69, 9.17) is 9.47 Å². The van der Waals surface area contributed by atoms with Crippen molar-refractivity contribution in [1.82, 2.24) is 4.90 Å². The van der Waals surface area contributed by atoms with Gasteiger partial charge in [0.15, 0.2) is 0 Å². The zero-order valence-electron chi connectivity index (χ0n) is 35.2. The Hall–Kier alpha value is -5.64. The summed E-state index contributed by atoms with van der Waals surface area (Å²) in [7, 11) is 4.11. The lowest BCUT2D eigenvalue weighted by atomic mass is 9.88. The number of hydrogen-bond donors (Lipinski definition) is 0. The van der Waals surface area contributed by atoms with Gasteiger partial charge in [0.1, 0.15) is 18.1 Å². The molecule has 6 aromatic rings. The Kier molecular flexibility index (Phi) is 16.5. The summed E-state index contributed by atoms with van der Waals surface area (Å²) in [5.41, 5.74) is 15.4. The summed E-state index contributed by atoms with van der Waals surface area (Å²) in [5, 5.41) is 0. The number of likely N-dealkylation sites (N-methyl/N-ethyl adjacent to an activating group) is 1. The minimum Gasteiger partial charge on any atom is -0.494 e. The molecular formula is C54H61NO2. The second-order valence-electron chi connectivity index (χ2n) is 14.8. The fourth-order valence-electron chi connectivity index (χ4n) is 6.92. The maximum atomic E-state index is 5.89. The summed E-state index contributed by atoms with van der Waals surface area (Å²) in [4.78, 5) is 2.12. The van der Waals surface area contributed by atoms with Crippen molar-refractivity contribution in [1.29, 1.82) is 0 Å². The Morgan fingerprint density at radius 3 is 1.11 bits per heavy atom. The Morgan fingerprint density at radius 2 is 0.772 bits per heavy atom. The Morgan fingerprint density at radius 1 is 0.421 bits per heavy atom. The molecule has 0 N–H and O–H groups in total. The summed E-state index contributed by atoms with van der Waals surface area (Å²) in [6, 6.07) is 56.2. The Balaban J connectivity index is 0.000000218. The van der Waals surface area contributed by atoms with E-state index in [1.807, 2.05) is 0 Å². The molecule has 0 unspecified atom stereocenters. The Bertz CT molecular complexity index is 2130. The fourth-order valence-corrected chi connectivity index (χ4v) is 6.92. The third-order valence-electron chi connectivity index (χ3n) is 10.1. The normalized spacial score (nSPS) is 11.9. The Labute approximate surface area is 343 Å². The number of aryl methyl sites for hydroxylation is 2. The van der Waals surface area contributed by atoms with Gasteiger partial charge in [0.25, 0.3) is 0 Å². The first-order chi connectivity index (χ1) is 27.8. The van der Waals surface area contributed by atoms with Crippen LogP contribution in [0.5, 0.6) is 11.5 Å². The van der Waals surface area contributed by atoms with E-state index in [2.05, 4.69) is 211 Å². The number of nitrogens with zero attached hydrogens (tertiary/aromatic N) is 1. The van der Waals surface area contributed by atoms with Gasteiger partial charge in [-0.1, -0.05) is 172 Å². The lowest BCUT2D eigenvalue weighted by Crippen LogP contribution is -2.19. The van der Waals surface area contributed by atoms with E-state index in [9.17, 15) is 0 Å². The van der Waals surface area contributed by atoms with Crippen LogP contribution in [-0.2, 0) is 0 Å². The van der Waals surface area contributed by atoms with Gasteiger partial charge in [-0.25, -0.2) is 0 Å². The minimum absolute atomic E-state index is 0.692. The van der Waals surface area contributed by atoms with Crippen molar-refractivity contribution in [3.63, 3.8) is 0 Å². The van der Waals surface area contributed by atoms with Crippen LogP contribution < -0.4 is 9.47 Å². The molecule has 0 amide bonds. The van der Waals surface area contributed by atoms with Gasteiger partial charge in [0, 0.05) is 6.54 Å². The molecule has 57 heavy (non-hydrogen) atoms. The number of ether oxygens (including phenoxy) is 2. The molecule has 0 fully saturated rings. The molecule has 0 saturated carbocycles. The van der Waals surface area contributed by atoms with Gasteiger partial charge in [-0.3, -0.25) is 0 Å². The summed E-state index contributed by atoms with van der Waals surface area (Å²) in [6.45, 7) is 13.3. The average Bonchev–Trinajstić information content (AvgIpc) is 3.24. The van der Waals surface area contributed by atoms with Crippen molar-refractivity contribution >= 4 is 22.3 Å². The highest BCUT2D eigenvalue weighted by atomic mass is 16.5. The minimum atomic E-state index is 0.692. The number of rotatable bonds is 16. The fraction of sp³-hybridized carbons (Fsp3) is 0.259. The van der Waals surface area contributed by atoms with E-state index in [0.717, 1.165) is 50.3 Å². The predicted octanol–water partition coefficient (Wildman–Crippen LogP) is 13.8. The van der Waals surface area contributed by atoms with Gasteiger partial charge < -0.3 is 14.4 Å². The maximum Gasteiger partial charge on any atom is 0.119 e. The molecule has 0 aliphatic heterocycles. The van der Waals surface area contributed by atoms with Gasteiger partial charge in [-0.2, -0.15) is 0 Å². The van der Waals surface area contributed by atoms with E-state index in [1.165, 1.54) is 66.8 Å². The van der Waals surface area contributed by atoms with Gasteiger partial charge in [-0.05, 0) is 127 Å². The standard InChI is InChI=1S/C27H31NO.C27H30O/c1-5-26(22-9-7-6-8-10-22)27(23-13-11-21(2)12-14-23)24-15-17-25(18-16-24)29-20-19-28(3)4;1-4-6-20-28-25-18-16-24(17-19-25)27(23-14-12-21(3)13-15-23)26(5-2)22-10-8-7-9-11-22/h6-18H,5,19-20H2,1-4H3;7-19H,4-6,20H2,1-3H3. The average molecular weight is 756 g/mol. The lowest BCUT2D eigenvalue weighted by Gasteiger charge is -2.17. The molecule has 3 nitrogen and oxygen atoms in total. The number of benzene rings is 6. The lowest BCUT2D eigenvalue weighted by molar-refractivity contribution is 0.261. The molecule has 0 heterocycles. The van der Waals surface area contributed by atoms with Crippen LogP contribution >= 0.6 is 0 Å². The maximum absolute atomic E-state index is 5.89. The van der Waals surface area contributed by atoms with E-state index in [1.54, 1.807) is 0 Å². The molecule has 0 atom stereocenters. The zero-order valence-corrected chi connectivity index (χ0v) is 35.2. The monoisotopic (exact) mass is 755 g/mol. The first-order valence-electron chi connectivity index (χ1n) is 20.6. The molecule has 0 saturated heterocycles. The summed E-state index contributed by atoms with van der Waals surface area (Å²) < 4.78 is 11.7. The van der Waals surface area contributed by atoms with E-state index in [0.29, 0.717) is 6.61 Å². The second-order valence-corrected chi connectivity index (χ2v) is 14.8. The number of allylic oxidation sites excluding steroid dienone is 2. The van der Waals surface area contributed by atoms with Crippen LogP contribution in [0.25, 0.3) is 22.3 Å². The molecule has 0 radical (unpaired) electrons. The van der Waals surface area contributed by atoms with Gasteiger partial charge in [0.2, 0.25) is 0 Å². The van der Waals surface area contributed by atoms with Crippen molar-refractivity contribution in [2.45, 2.75) is 60.3 Å². The van der Waals surface area contributed by atoms with E-state index >= 15 is 0 Å². The van der Waals surface area contributed by atoms with E-state index < -0.39 is 0 Å². The van der Waals surface area contributed by atoms with Crippen molar-refractivity contribution in [3.05, 3.63) is 202 Å². The third kappa shape index (κ3) is 12.4. The molecule has 0 aromatic heterocycles. The number of hydrogen-bond acceptors (Lipinski definition) is 3. The highest BCUT2D eigenvalue weighted by molar-refractivity contribution is 5.99. The summed E-state index contributed by atoms with van der Waals surface area (Å²) in [6.07, 6.45) is 4.18. The highest BCUT2D eigenvalue weighted by Crippen LogP contribution is 2.36. The van der Waals surface area contributed by atoms with Crippen LogP contribution in [0.3, 0.4) is 0 Å². The zero-order chi connectivity index (χ0) is 40.4. The summed E-state index contributed by atoms with van der Waals surface area (Å²) >= 11 is 0. The molecule has 0 spiro atoms. The van der Waals surface area contributed by atoms with Crippen LogP contribution in [0.1, 0.15) is 91.0 Å². The molecule has 0 aliphatic rings. The largest absolute Gasteiger partial charge is 0.494 e. The van der Waals surface area contributed by atoms with Crippen LogP contribution in [0.4, 0.5) is 0 Å². The predicted molar refractivity (Wildman–Crippen MR) is 245 cm³/mol. The van der Waals surface area contributed by atoms with Crippen molar-refractivity contribution in [2.75, 3.05) is 33.9 Å². The highest BCUT2D eigenvalue weighted by Gasteiger charge is 2.15. The second kappa shape index (κ2) is 22.2. The van der Waals surface area contributed by atoms with Gasteiger partial charge in [-0.15, -0.1) is 0 Å².